The molecule has 1 aromatic carbocycles. The first-order valence-electron chi connectivity index (χ1n) is 9.03. The van der Waals surface area contributed by atoms with E-state index in [-0.39, 0.29) is 29.6 Å². The number of likely N-dealkylation sites (tertiary alicyclic amines) is 1. The Morgan fingerprint density at radius 1 is 1.12 bits per heavy atom. The molecule has 3 atom stereocenters. The molecule has 0 spiro atoms. The van der Waals surface area contributed by atoms with Crippen molar-refractivity contribution in [1.29, 1.82) is 0 Å². The van der Waals surface area contributed by atoms with Crippen molar-refractivity contribution in [2.75, 3.05) is 19.6 Å². The lowest BCUT2D eigenvalue weighted by molar-refractivity contribution is -0.00371. The standard InChI is InChI=1S/C19H19F2N3O2/c20-13-7-12(8-14(21)9-13)15-10-24(19(25)16-3-6-26-22-16)17-11-1-4-23(5-2-11)18(15)17/h3,6-9,11,15,17-18H,1-2,4-5,10H2/t15-,17+,18+/m1/s1. The van der Waals surface area contributed by atoms with E-state index < -0.39 is 11.6 Å². The molecule has 2 aromatic rings. The average molecular weight is 359 g/mol. The van der Waals surface area contributed by atoms with Crippen molar-refractivity contribution >= 4 is 5.91 Å². The number of hydrogen-bond acceptors (Lipinski definition) is 4. The number of amides is 1. The minimum Gasteiger partial charge on any atom is -0.364 e. The van der Waals surface area contributed by atoms with Gasteiger partial charge in [-0.15, -0.1) is 0 Å². The lowest BCUT2D eigenvalue weighted by atomic mass is 9.75. The van der Waals surface area contributed by atoms with Gasteiger partial charge in [-0.2, -0.15) is 0 Å². The molecule has 1 aromatic heterocycles. The molecule has 5 nitrogen and oxygen atoms in total. The molecule has 4 fully saturated rings. The molecule has 7 heteroatoms. The van der Waals surface area contributed by atoms with E-state index >= 15 is 0 Å². The molecule has 0 saturated carbocycles. The van der Waals surface area contributed by atoms with Crippen molar-refractivity contribution < 1.29 is 18.1 Å². The second kappa shape index (κ2) is 5.87. The first-order chi connectivity index (χ1) is 12.6. The molecule has 1 amide bonds. The second-order valence-corrected chi connectivity index (χ2v) is 7.51. The van der Waals surface area contributed by atoms with Gasteiger partial charge in [-0.3, -0.25) is 9.69 Å². The number of halogens is 2. The van der Waals surface area contributed by atoms with Crippen molar-refractivity contribution in [1.82, 2.24) is 15.0 Å². The van der Waals surface area contributed by atoms with Crippen LogP contribution < -0.4 is 0 Å². The summed E-state index contributed by atoms with van der Waals surface area (Å²) >= 11 is 0. The van der Waals surface area contributed by atoms with Crippen LogP contribution in [0.3, 0.4) is 0 Å². The van der Waals surface area contributed by atoms with Gasteiger partial charge in [-0.05, 0) is 49.5 Å². The highest BCUT2D eigenvalue weighted by molar-refractivity contribution is 5.92. The highest BCUT2D eigenvalue weighted by Crippen LogP contribution is 2.47. The molecule has 26 heavy (non-hydrogen) atoms. The Morgan fingerprint density at radius 2 is 1.85 bits per heavy atom. The van der Waals surface area contributed by atoms with Gasteiger partial charge in [0.25, 0.3) is 5.91 Å². The fraction of sp³-hybridized carbons (Fsp3) is 0.474. The van der Waals surface area contributed by atoms with Crippen LogP contribution in [-0.2, 0) is 0 Å². The Hall–Kier alpha value is -2.28. The third-order valence-electron chi connectivity index (χ3n) is 6.23. The van der Waals surface area contributed by atoms with Crippen LogP contribution in [0, 0.1) is 17.6 Å². The van der Waals surface area contributed by atoms with Crippen molar-refractivity contribution in [3.05, 3.63) is 53.4 Å². The van der Waals surface area contributed by atoms with Crippen molar-refractivity contribution in [3.63, 3.8) is 0 Å². The molecule has 2 bridgehead atoms. The zero-order chi connectivity index (χ0) is 17.8. The quantitative estimate of drug-likeness (QED) is 0.827. The van der Waals surface area contributed by atoms with Gasteiger partial charge >= 0.3 is 0 Å². The van der Waals surface area contributed by atoms with Gasteiger partial charge in [0.1, 0.15) is 17.9 Å². The number of piperidine rings is 3. The van der Waals surface area contributed by atoms with E-state index in [2.05, 4.69) is 10.1 Å². The molecule has 4 saturated heterocycles. The van der Waals surface area contributed by atoms with Crippen LogP contribution in [0.5, 0.6) is 0 Å². The number of fused-ring (bicyclic) bond motifs is 2. The molecule has 5 heterocycles. The van der Waals surface area contributed by atoms with Gasteiger partial charge in [-0.1, -0.05) is 5.16 Å². The van der Waals surface area contributed by atoms with E-state index in [1.807, 2.05) is 4.90 Å². The Balaban J connectivity index is 1.55. The van der Waals surface area contributed by atoms with Gasteiger partial charge < -0.3 is 9.42 Å². The largest absolute Gasteiger partial charge is 0.364 e. The van der Waals surface area contributed by atoms with Crippen LogP contribution in [0.25, 0.3) is 0 Å². The first kappa shape index (κ1) is 15.9. The molecule has 4 aliphatic heterocycles. The second-order valence-electron chi connectivity index (χ2n) is 7.51. The maximum absolute atomic E-state index is 13.8. The number of hydrogen-bond donors (Lipinski definition) is 0. The summed E-state index contributed by atoms with van der Waals surface area (Å²) in [7, 11) is 0. The predicted octanol–water partition coefficient (Wildman–Crippen LogP) is 2.66. The normalized spacial score (nSPS) is 32.7. The summed E-state index contributed by atoms with van der Waals surface area (Å²) in [6, 6.07) is 5.41. The van der Waals surface area contributed by atoms with Crippen molar-refractivity contribution in [3.8, 4) is 0 Å². The van der Waals surface area contributed by atoms with Crippen LogP contribution in [0.2, 0.25) is 0 Å². The number of rotatable bonds is 2. The van der Waals surface area contributed by atoms with Crippen molar-refractivity contribution in [2.24, 2.45) is 5.92 Å². The SMILES string of the molecule is O=C(c1ccon1)N1C[C@H](c2cc(F)cc(F)c2)[C@H]2[C@@H]1C1CCN2CC1. The summed E-state index contributed by atoms with van der Waals surface area (Å²) in [5.41, 5.74) is 0.909. The third kappa shape index (κ3) is 2.37. The predicted molar refractivity (Wildman–Crippen MR) is 88.5 cm³/mol. The zero-order valence-electron chi connectivity index (χ0n) is 14.1. The number of nitrogens with zero attached hydrogens (tertiary/aromatic N) is 3. The highest BCUT2D eigenvalue weighted by Gasteiger charge is 2.55. The highest BCUT2D eigenvalue weighted by atomic mass is 19.1. The fourth-order valence-corrected chi connectivity index (χ4v) is 5.21. The monoisotopic (exact) mass is 359 g/mol. The summed E-state index contributed by atoms with van der Waals surface area (Å²) in [6.07, 6.45) is 3.48. The number of benzene rings is 1. The molecular weight excluding hydrogens is 340 g/mol. The minimum absolute atomic E-state index is 0.0537. The lowest BCUT2D eigenvalue weighted by Gasteiger charge is -2.51. The van der Waals surface area contributed by atoms with Gasteiger partial charge in [0.05, 0.1) is 6.04 Å². The molecule has 136 valence electrons. The van der Waals surface area contributed by atoms with E-state index in [1.54, 1.807) is 6.07 Å². The molecule has 4 aliphatic rings. The summed E-state index contributed by atoms with van der Waals surface area (Å²) < 4.78 is 32.5. The van der Waals surface area contributed by atoms with Crippen LogP contribution in [0.4, 0.5) is 8.78 Å². The maximum Gasteiger partial charge on any atom is 0.276 e. The fourth-order valence-electron chi connectivity index (χ4n) is 5.21. The molecule has 6 rings (SSSR count). The van der Waals surface area contributed by atoms with Crippen LogP contribution in [0.1, 0.15) is 34.8 Å². The lowest BCUT2D eigenvalue weighted by Crippen LogP contribution is -2.60. The van der Waals surface area contributed by atoms with E-state index in [0.717, 1.165) is 32.0 Å². The van der Waals surface area contributed by atoms with Gasteiger partial charge in [0.15, 0.2) is 5.69 Å². The van der Waals surface area contributed by atoms with Gasteiger partial charge in [0, 0.05) is 30.6 Å². The summed E-state index contributed by atoms with van der Waals surface area (Å²) in [6.45, 7) is 2.40. The van der Waals surface area contributed by atoms with Crippen LogP contribution in [-0.4, -0.2) is 52.6 Å². The molecule has 0 radical (unpaired) electrons. The number of carbonyl (C=O) groups is 1. The molecular formula is C19H19F2N3O2. The van der Waals surface area contributed by atoms with E-state index in [0.29, 0.717) is 18.0 Å². The maximum atomic E-state index is 13.8. The first-order valence-corrected chi connectivity index (χ1v) is 9.03. The Labute approximate surface area is 149 Å². The Bertz CT molecular complexity index is 813. The summed E-state index contributed by atoms with van der Waals surface area (Å²) in [5.74, 6) is -1.00. The zero-order valence-corrected chi connectivity index (χ0v) is 14.1. The number of carbonyl (C=O) groups excluding carboxylic acids is 1. The Kier molecular flexibility index (Phi) is 3.60. The third-order valence-corrected chi connectivity index (χ3v) is 6.23. The summed E-state index contributed by atoms with van der Waals surface area (Å²) in [4.78, 5) is 17.2. The molecule has 0 aliphatic carbocycles. The van der Waals surface area contributed by atoms with E-state index in [9.17, 15) is 13.6 Å². The average Bonchev–Trinajstić information content (AvgIpc) is 3.30. The molecule has 0 N–H and O–H groups in total. The summed E-state index contributed by atoms with van der Waals surface area (Å²) in [5, 5.41) is 3.79. The van der Waals surface area contributed by atoms with E-state index in [1.165, 1.54) is 18.4 Å². The van der Waals surface area contributed by atoms with Crippen LogP contribution in [0.15, 0.2) is 35.1 Å². The minimum atomic E-state index is -0.575. The van der Waals surface area contributed by atoms with Gasteiger partial charge in [0.2, 0.25) is 0 Å². The smallest absolute Gasteiger partial charge is 0.276 e. The Morgan fingerprint density at radius 3 is 2.50 bits per heavy atom. The molecule has 0 unspecified atom stereocenters. The van der Waals surface area contributed by atoms with Crippen LogP contribution >= 0.6 is 0 Å². The topological polar surface area (TPSA) is 49.6 Å². The van der Waals surface area contributed by atoms with E-state index in [4.69, 9.17) is 4.52 Å². The van der Waals surface area contributed by atoms with Crippen molar-refractivity contribution in [2.45, 2.75) is 30.8 Å². The van der Waals surface area contributed by atoms with Gasteiger partial charge in [-0.25, -0.2) is 8.78 Å². The number of aromatic nitrogens is 1.